The van der Waals surface area contributed by atoms with Crippen LogP contribution < -0.4 is 43.3 Å². The van der Waals surface area contributed by atoms with Crippen LogP contribution in [0, 0.1) is 0 Å². The maximum Gasteiger partial charge on any atom is 0.487 e. The van der Waals surface area contributed by atoms with Gasteiger partial charge < -0.3 is 80.3 Å². The fourth-order valence-electron chi connectivity index (χ4n) is 8.63. The number of hydrogen-bond acceptors (Lipinski definition) is 30. The van der Waals surface area contributed by atoms with E-state index in [0.717, 1.165) is 36.0 Å². The van der Waals surface area contributed by atoms with Crippen LogP contribution in [0.3, 0.4) is 0 Å². The fraction of sp³-hybridized carbons (Fsp3) is 0.545. The van der Waals surface area contributed by atoms with Crippen LogP contribution in [0.1, 0.15) is 18.7 Å². The molecule has 4 unspecified atom stereocenters. The zero-order chi connectivity index (χ0) is 55.8. The molecule has 0 saturated carbocycles. The molecule has 3 saturated heterocycles. The molecule has 3 aliphatic heterocycles. The number of nitrogen functional groups attached to an aromatic ring is 3. The first-order valence-electron chi connectivity index (χ1n) is 21.7. The van der Waals surface area contributed by atoms with E-state index in [1.54, 1.807) is 0 Å². The average molecular weight is 1180 g/mol. The number of fused-ring (bicyclic) bond motifs is 3. The number of phosphoric acid groups is 4. The molecule has 6 aromatic heterocycles. The van der Waals surface area contributed by atoms with Gasteiger partial charge in [-0.25, -0.2) is 32.5 Å². The molecule has 0 bridgehead atoms. The Labute approximate surface area is 425 Å². The molecule has 0 spiro atoms. The normalized spacial score (nSPS) is 30.0. The summed E-state index contributed by atoms with van der Waals surface area (Å²) in [5.41, 5.74) is 13.9. The molecule has 3 fully saturated rings. The van der Waals surface area contributed by atoms with Gasteiger partial charge in [0, 0.05) is 14.2 Å². The second-order valence-corrected chi connectivity index (χ2v) is 22.8. The van der Waals surface area contributed by atoms with Gasteiger partial charge in [-0.3, -0.25) is 61.2 Å². The first-order valence-corrected chi connectivity index (χ1v) is 27.7. The third kappa shape index (κ3) is 11.3. The number of ether oxygens (including phenoxy) is 5. The van der Waals surface area contributed by atoms with Crippen LogP contribution >= 0.6 is 31.3 Å². The predicted molar refractivity (Wildman–Crippen MR) is 244 cm³/mol. The highest BCUT2D eigenvalue weighted by Gasteiger charge is 2.54. The van der Waals surface area contributed by atoms with Crippen LogP contribution in [0.5, 0.6) is 0 Å². The third-order valence-electron chi connectivity index (χ3n) is 11.9. The number of aliphatic hydroxyl groups is 3. The van der Waals surface area contributed by atoms with E-state index in [9.17, 15) is 67.5 Å². The van der Waals surface area contributed by atoms with E-state index < -0.39 is 147 Å². The molecule has 77 heavy (non-hydrogen) atoms. The molecular formula is C33H45N15O25P4. The second-order valence-electron chi connectivity index (χ2n) is 16.8. The van der Waals surface area contributed by atoms with Gasteiger partial charge in [0.1, 0.15) is 54.9 Å². The smallest absolute Gasteiger partial charge is 0.487 e. The van der Waals surface area contributed by atoms with E-state index in [1.807, 2.05) is 0 Å². The Bertz CT molecular complexity index is 3610. The molecular weight excluding hydrogens is 1130 g/mol. The lowest BCUT2D eigenvalue weighted by Crippen LogP contribution is -2.46. The highest BCUT2D eigenvalue weighted by Crippen LogP contribution is 2.67. The molecule has 9 heterocycles. The van der Waals surface area contributed by atoms with Gasteiger partial charge in [0.05, 0.1) is 39.5 Å². The minimum absolute atomic E-state index is 0.00322. The maximum atomic E-state index is 13.7. The SMILES string of the molecule is CO[C@@H]1[C@H](OP(=O)(O)OC[C@H]2O[C@@H](n3cnc4c(=O)[nH]c(N)nc43)[C@H](O)[C@@H]2O)[C@@H](COP(=O)(O)OP(=O)(O)OP(=O)([O-])OC[C@H]2O[C@@H]([n+]3cn(C)c4c(=O)[nH]c(N)nc43)[C@H](O)[C@@H]2OC)O[C@H]1n1cnc2c(=O)[nH]c(N)nc21. The van der Waals surface area contributed by atoms with Crippen molar-refractivity contribution in [2.75, 3.05) is 51.2 Å². The zero-order valence-corrected chi connectivity index (χ0v) is 42.8. The lowest BCUT2D eigenvalue weighted by Gasteiger charge is -2.27. The number of aromatic amines is 3. The molecule has 0 aliphatic carbocycles. The van der Waals surface area contributed by atoms with Gasteiger partial charge in [0.15, 0.2) is 41.1 Å². The number of nitrogens with zero attached hydrogens (tertiary/aromatic N) is 9. The van der Waals surface area contributed by atoms with Crippen molar-refractivity contribution in [3.8, 4) is 0 Å². The number of anilines is 3. The van der Waals surface area contributed by atoms with E-state index in [0.29, 0.717) is 0 Å². The summed E-state index contributed by atoms with van der Waals surface area (Å²) < 4.78 is 114. The number of aromatic nitrogens is 12. The van der Waals surface area contributed by atoms with Gasteiger partial charge in [0.2, 0.25) is 23.6 Å². The fourth-order valence-corrected chi connectivity index (χ4v) is 13.1. The monoisotopic (exact) mass is 1180 g/mol. The summed E-state index contributed by atoms with van der Waals surface area (Å²) in [4.78, 5) is 109. The van der Waals surface area contributed by atoms with Crippen LogP contribution in [-0.4, -0.2) is 173 Å². The third-order valence-corrected chi connectivity index (χ3v) is 17.1. The van der Waals surface area contributed by atoms with Gasteiger partial charge >= 0.3 is 29.1 Å². The molecule has 15 N–H and O–H groups in total. The highest BCUT2D eigenvalue weighted by atomic mass is 31.3. The van der Waals surface area contributed by atoms with Crippen molar-refractivity contribution in [1.82, 2.24) is 53.6 Å². The van der Waals surface area contributed by atoms with E-state index in [1.165, 1.54) is 22.5 Å². The molecule has 422 valence electrons. The molecule has 6 aromatic rings. The summed E-state index contributed by atoms with van der Waals surface area (Å²) in [6.07, 6.45) is -16.4. The minimum atomic E-state index is -6.27. The van der Waals surface area contributed by atoms with Gasteiger partial charge in [-0.1, -0.05) is 4.98 Å². The Morgan fingerprint density at radius 3 is 1.79 bits per heavy atom. The van der Waals surface area contributed by atoms with Crippen molar-refractivity contribution >= 4 is 82.6 Å². The zero-order valence-electron chi connectivity index (χ0n) is 39.3. The quantitative estimate of drug-likeness (QED) is 0.0251. The molecule has 0 aromatic carbocycles. The summed E-state index contributed by atoms with van der Waals surface area (Å²) in [6.45, 7) is -3.43. The standard InChI is InChI=1S/C33H45N15O25P4/c1-45-9-48(24-15(45)27(54)44-33(36)41-24)29-18(51)19(63-2)11(69-29)5-66-75(57,58)72-77(61,62)73-76(59,60)67-6-12-20(21(64-3)30(70-12)47-8-38-14-23(47)40-32(35)43-26(14)53)71-74(55,56)65-4-10-16(49)17(50)28(68-10)46-7-37-13-22(46)39-31(34)42-25(13)52/h7-12,16-21,28-30,49-51H,4-6H2,1-3H3,(H12-,34,35,36,39,40,41,42,43,44,52,53,54,55,56,57,58,59,60,61,62)/t10-,11-,12-,16-,17-,18-,19-,20-,21-,28-,29-,30-/m1/s1. The van der Waals surface area contributed by atoms with Crippen LogP contribution in [0.15, 0.2) is 33.4 Å². The molecule has 44 heteroatoms. The number of phosphoric ester groups is 3. The number of nitrogens with two attached hydrogens (primary N) is 3. The van der Waals surface area contributed by atoms with Crippen molar-refractivity contribution in [2.24, 2.45) is 7.05 Å². The van der Waals surface area contributed by atoms with E-state index in [4.69, 9.17) is 59.0 Å². The Hall–Kier alpha value is -5.35. The number of aliphatic hydroxyl groups excluding tert-OH is 3. The largest absolute Gasteiger partial charge is 0.756 e. The number of imidazole rings is 3. The molecule has 16 atom stereocenters. The topological polar surface area (TPSA) is 574 Å². The number of H-pyrrole nitrogens is 3. The average Bonchev–Trinajstić information content (AvgIpc) is 4.18. The minimum Gasteiger partial charge on any atom is -0.756 e. The van der Waals surface area contributed by atoms with Crippen molar-refractivity contribution in [1.29, 1.82) is 0 Å². The first kappa shape index (κ1) is 56.4. The Morgan fingerprint density at radius 2 is 1.18 bits per heavy atom. The van der Waals surface area contributed by atoms with Crippen LogP contribution in [0.4, 0.5) is 17.8 Å². The lowest BCUT2D eigenvalue weighted by molar-refractivity contribution is -0.745. The summed E-state index contributed by atoms with van der Waals surface area (Å²) in [5.74, 6) is -1.03. The van der Waals surface area contributed by atoms with Crippen LogP contribution in [0.25, 0.3) is 33.5 Å². The van der Waals surface area contributed by atoms with Crippen molar-refractivity contribution in [2.45, 2.75) is 73.6 Å². The lowest BCUT2D eigenvalue weighted by atomic mass is 10.1. The molecule has 0 amide bonds. The molecule has 40 nitrogen and oxygen atoms in total. The Balaban J connectivity index is 0.875. The number of nitrogens with one attached hydrogen (secondary N) is 3. The molecule has 0 radical (unpaired) electrons. The van der Waals surface area contributed by atoms with Crippen molar-refractivity contribution in [3.05, 3.63) is 50.0 Å². The van der Waals surface area contributed by atoms with Crippen molar-refractivity contribution < 1.29 is 108 Å². The van der Waals surface area contributed by atoms with E-state index in [-0.39, 0.29) is 45.4 Å². The summed E-state index contributed by atoms with van der Waals surface area (Å²) in [6, 6.07) is 0. The van der Waals surface area contributed by atoms with E-state index in [2.05, 4.69) is 48.5 Å². The summed E-state index contributed by atoms with van der Waals surface area (Å²) in [5, 5.41) is 32.8. The van der Waals surface area contributed by atoms with Crippen LogP contribution in [0.2, 0.25) is 0 Å². The van der Waals surface area contributed by atoms with E-state index >= 15 is 0 Å². The second kappa shape index (κ2) is 21.0. The first-order chi connectivity index (χ1) is 36.1. The van der Waals surface area contributed by atoms with Gasteiger partial charge in [0.25, 0.3) is 30.4 Å². The van der Waals surface area contributed by atoms with Crippen LogP contribution in [-0.2, 0) is 75.7 Å². The van der Waals surface area contributed by atoms with Crippen molar-refractivity contribution in [3.63, 3.8) is 0 Å². The number of methoxy groups -OCH3 is 2. The highest BCUT2D eigenvalue weighted by molar-refractivity contribution is 7.66. The Morgan fingerprint density at radius 1 is 0.662 bits per heavy atom. The molecule has 9 rings (SSSR count). The number of aryl methyl sites for hydroxylation is 1. The van der Waals surface area contributed by atoms with Gasteiger partial charge in [-0.05, 0) is 0 Å². The van der Waals surface area contributed by atoms with Gasteiger partial charge in [-0.15, -0.1) is 0 Å². The predicted octanol–water partition coefficient (Wildman–Crippen LogP) is -5.40. The summed E-state index contributed by atoms with van der Waals surface area (Å²) in [7, 11) is -20.2. The maximum absolute atomic E-state index is 13.7. The van der Waals surface area contributed by atoms with Gasteiger partial charge in [-0.2, -0.15) is 14.3 Å². The Kier molecular flexibility index (Phi) is 15.4. The summed E-state index contributed by atoms with van der Waals surface area (Å²) >= 11 is 0. The molecule has 3 aliphatic rings. The number of rotatable bonds is 20. The number of hydrogen-bond donors (Lipinski definition) is 12.